The fraction of sp³-hybridized carbons (Fsp3) is 0.385. The van der Waals surface area contributed by atoms with Gasteiger partial charge in [-0.25, -0.2) is 0 Å². The molecule has 6 heteroatoms. The van der Waals surface area contributed by atoms with Gasteiger partial charge in [0.2, 0.25) is 5.91 Å². The van der Waals surface area contributed by atoms with E-state index in [1.54, 1.807) is 25.1 Å². The third kappa shape index (κ3) is 2.85. The van der Waals surface area contributed by atoms with Gasteiger partial charge in [0.15, 0.2) is 0 Å². The lowest BCUT2D eigenvalue weighted by atomic mass is 10.0. The molecule has 5 N–H and O–H groups in total. The van der Waals surface area contributed by atoms with E-state index in [-0.39, 0.29) is 11.8 Å². The predicted octanol–water partition coefficient (Wildman–Crippen LogP) is -0.0960. The minimum Gasteiger partial charge on any atom is -0.398 e. The first-order chi connectivity index (χ1) is 8.99. The van der Waals surface area contributed by atoms with Crippen molar-refractivity contribution < 1.29 is 14.7 Å². The Balaban J connectivity index is 2.11. The van der Waals surface area contributed by atoms with Crippen molar-refractivity contribution in [1.29, 1.82) is 0 Å². The van der Waals surface area contributed by atoms with Crippen LogP contribution in [0, 0.1) is 6.92 Å². The molecule has 19 heavy (non-hydrogen) atoms. The number of nitrogens with two attached hydrogens (primary N) is 1. The molecule has 0 saturated carbocycles. The van der Waals surface area contributed by atoms with Crippen LogP contribution in [0.4, 0.5) is 5.69 Å². The first kappa shape index (κ1) is 13.4. The number of carbonyl (C=O) groups excluding carboxylic acids is 2. The molecule has 1 aromatic rings. The molecule has 1 aromatic carbocycles. The van der Waals surface area contributed by atoms with Crippen molar-refractivity contribution >= 4 is 17.5 Å². The van der Waals surface area contributed by atoms with Gasteiger partial charge < -0.3 is 21.5 Å². The third-order valence-electron chi connectivity index (χ3n) is 3.19. The van der Waals surface area contributed by atoms with Gasteiger partial charge in [0.05, 0.1) is 5.56 Å². The fourth-order valence-corrected chi connectivity index (χ4v) is 2.16. The van der Waals surface area contributed by atoms with Crippen molar-refractivity contribution in [2.75, 3.05) is 5.73 Å². The third-order valence-corrected chi connectivity index (χ3v) is 3.19. The summed E-state index contributed by atoms with van der Waals surface area (Å²) in [5.74, 6) is -0.744. The van der Waals surface area contributed by atoms with E-state index in [2.05, 4.69) is 10.6 Å². The number of hydrogen-bond donors (Lipinski definition) is 4. The van der Waals surface area contributed by atoms with Crippen LogP contribution in [0.3, 0.4) is 0 Å². The average Bonchev–Trinajstić information content (AvgIpc) is 2.32. The normalized spacial score (nSPS) is 22.7. The number of aliphatic hydroxyl groups is 1. The van der Waals surface area contributed by atoms with Crippen molar-refractivity contribution in [2.24, 2.45) is 0 Å². The minimum atomic E-state index is -0.829. The van der Waals surface area contributed by atoms with Crippen LogP contribution < -0.4 is 16.4 Å². The quantitative estimate of drug-likeness (QED) is 0.559. The second-order valence-corrected chi connectivity index (χ2v) is 4.67. The lowest BCUT2D eigenvalue weighted by Gasteiger charge is -2.26. The van der Waals surface area contributed by atoms with E-state index >= 15 is 0 Å². The van der Waals surface area contributed by atoms with E-state index in [9.17, 15) is 14.7 Å². The van der Waals surface area contributed by atoms with E-state index in [1.807, 2.05) is 0 Å². The monoisotopic (exact) mass is 263 g/mol. The predicted molar refractivity (Wildman–Crippen MR) is 70.2 cm³/mol. The Morgan fingerprint density at radius 2 is 2.21 bits per heavy atom. The number of nitrogen functional groups attached to an aromatic ring is 1. The molecule has 0 spiro atoms. The Bertz CT molecular complexity index is 496. The van der Waals surface area contributed by atoms with Gasteiger partial charge in [0, 0.05) is 5.69 Å². The van der Waals surface area contributed by atoms with E-state index in [1.165, 1.54) is 0 Å². The van der Waals surface area contributed by atoms with E-state index in [0.29, 0.717) is 24.1 Å². The van der Waals surface area contributed by atoms with Gasteiger partial charge in [-0.15, -0.1) is 0 Å². The number of carbonyl (C=O) groups is 2. The molecule has 1 aliphatic heterocycles. The maximum atomic E-state index is 12.1. The SMILES string of the molecule is Cc1cccc(N)c1C(=O)NC1CCC(O)NC1=O. The standard InChI is InChI=1S/C13H17N3O3/c1-7-3-2-4-8(14)11(7)13(19)15-9-5-6-10(17)16-12(9)18/h2-4,9-10,17H,5-6,14H2,1H3,(H,15,19)(H,16,18). The zero-order valence-corrected chi connectivity index (χ0v) is 10.6. The van der Waals surface area contributed by atoms with Crippen LogP contribution in [0.1, 0.15) is 28.8 Å². The van der Waals surface area contributed by atoms with E-state index in [0.717, 1.165) is 5.56 Å². The van der Waals surface area contributed by atoms with Gasteiger partial charge in [0.25, 0.3) is 5.91 Å². The fourth-order valence-electron chi connectivity index (χ4n) is 2.16. The molecule has 2 amide bonds. The van der Waals surface area contributed by atoms with Crippen LogP contribution >= 0.6 is 0 Å². The summed E-state index contributed by atoms with van der Waals surface area (Å²) < 4.78 is 0. The maximum absolute atomic E-state index is 12.1. The van der Waals surface area contributed by atoms with E-state index in [4.69, 9.17) is 5.73 Å². The van der Waals surface area contributed by atoms with Crippen LogP contribution in [0.2, 0.25) is 0 Å². The summed E-state index contributed by atoms with van der Waals surface area (Å²) in [6.07, 6.45) is -0.00558. The summed E-state index contributed by atoms with van der Waals surface area (Å²) in [7, 11) is 0. The van der Waals surface area contributed by atoms with Crippen LogP contribution in [0.15, 0.2) is 18.2 Å². The molecule has 0 bridgehead atoms. The van der Waals surface area contributed by atoms with E-state index < -0.39 is 12.3 Å². The lowest BCUT2D eigenvalue weighted by Crippen LogP contribution is -2.54. The summed E-state index contributed by atoms with van der Waals surface area (Å²) in [5.41, 5.74) is 7.31. The summed E-state index contributed by atoms with van der Waals surface area (Å²) in [6.45, 7) is 1.79. The molecule has 0 aliphatic carbocycles. The van der Waals surface area contributed by atoms with Gasteiger partial charge in [-0.2, -0.15) is 0 Å². The molecule has 1 fully saturated rings. The number of aliphatic hydroxyl groups excluding tert-OH is 1. The highest BCUT2D eigenvalue weighted by atomic mass is 16.3. The molecule has 2 rings (SSSR count). The number of hydrogen-bond acceptors (Lipinski definition) is 4. The number of rotatable bonds is 2. The van der Waals surface area contributed by atoms with Crippen molar-refractivity contribution in [2.45, 2.75) is 32.0 Å². The summed E-state index contributed by atoms with van der Waals surface area (Å²) in [6, 6.07) is 4.57. The molecule has 1 aliphatic rings. The largest absolute Gasteiger partial charge is 0.398 e. The lowest BCUT2D eigenvalue weighted by molar-refractivity contribution is -0.128. The van der Waals surface area contributed by atoms with Crippen molar-refractivity contribution in [3.63, 3.8) is 0 Å². The number of amides is 2. The Morgan fingerprint density at radius 1 is 1.47 bits per heavy atom. The Kier molecular flexibility index (Phi) is 3.71. The number of aryl methyl sites for hydroxylation is 1. The number of nitrogens with one attached hydrogen (secondary N) is 2. The van der Waals surface area contributed by atoms with Gasteiger partial charge in [-0.3, -0.25) is 9.59 Å². The average molecular weight is 263 g/mol. The van der Waals surface area contributed by atoms with Gasteiger partial charge in [-0.05, 0) is 31.4 Å². The van der Waals surface area contributed by atoms with Gasteiger partial charge >= 0.3 is 0 Å². The Labute approximate surface area is 111 Å². The first-order valence-electron chi connectivity index (χ1n) is 6.13. The second-order valence-electron chi connectivity index (χ2n) is 4.67. The Hall–Kier alpha value is -2.08. The van der Waals surface area contributed by atoms with Crippen LogP contribution in [0.25, 0.3) is 0 Å². The van der Waals surface area contributed by atoms with Crippen molar-refractivity contribution in [3.05, 3.63) is 29.3 Å². The van der Waals surface area contributed by atoms with Crippen molar-refractivity contribution in [1.82, 2.24) is 10.6 Å². The number of anilines is 1. The second kappa shape index (κ2) is 5.27. The Morgan fingerprint density at radius 3 is 2.84 bits per heavy atom. The highest BCUT2D eigenvalue weighted by Gasteiger charge is 2.28. The number of piperidine rings is 1. The molecular weight excluding hydrogens is 246 g/mol. The minimum absolute atomic E-state index is 0.368. The first-order valence-corrected chi connectivity index (χ1v) is 6.13. The molecule has 102 valence electrons. The van der Waals surface area contributed by atoms with Gasteiger partial charge in [-0.1, -0.05) is 12.1 Å². The summed E-state index contributed by atoms with van der Waals surface area (Å²) in [5, 5.41) is 14.3. The van der Waals surface area contributed by atoms with Crippen LogP contribution in [-0.4, -0.2) is 29.2 Å². The topological polar surface area (TPSA) is 104 Å². The molecular formula is C13H17N3O3. The molecule has 0 aromatic heterocycles. The smallest absolute Gasteiger partial charge is 0.254 e. The van der Waals surface area contributed by atoms with Gasteiger partial charge in [0.1, 0.15) is 12.3 Å². The highest BCUT2D eigenvalue weighted by molar-refractivity contribution is 6.02. The zero-order chi connectivity index (χ0) is 14.0. The maximum Gasteiger partial charge on any atom is 0.254 e. The molecule has 1 heterocycles. The van der Waals surface area contributed by atoms with Crippen LogP contribution in [0.5, 0.6) is 0 Å². The molecule has 0 radical (unpaired) electrons. The molecule has 2 unspecified atom stereocenters. The summed E-state index contributed by atoms with van der Waals surface area (Å²) in [4.78, 5) is 23.8. The van der Waals surface area contributed by atoms with Crippen molar-refractivity contribution in [3.8, 4) is 0 Å². The molecule has 6 nitrogen and oxygen atoms in total. The molecule has 1 saturated heterocycles. The number of benzene rings is 1. The summed E-state index contributed by atoms with van der Waals surface area (Å²) >= 11 is 0. The zero-order valence-electron chi connectivity index (χ0n) is 10.6. The highest BCUT2D eigenvalue weighted by Crippen LogP contribution is 2.17. The van der Waals surface area contributed by atoms with Crippen LogP contribution in [-0.2, 0) is 4.79 Å². The molecule has 2 atom stereocenters.